The van der Waals surface area contributed by atoms with Crippen LogP contribution in [-0.4, -0.2) is 16.4 Å². The number of aromatic nitrogens is 1. The lowest BCUT2D eigenvalue weighted by Gasteiger charge is -2.17. The SMILES string of the molecule is CC(CSc1cncs1)=N/C=C(\C)CC(C)(C)C. The first kappa shape index (κ1) is 15.4. The molecule has 1 heterocycles. The summed E-state index contributed by atoms with van der Waals surface area (Å²) < 4.78 is 1.25. The molecule has 1 aromatic heterocycles. The second kappa shape index (κ2) is 7.10. The summed E-state index contributed by atoms with van der Waals surface area (Å²) in [5.41, 5.74) is 4.69. The normalized spacial score (nSPS) is 14.1. The van der Waals surface area contributed by atoms with Crippen LogP contribution in [0.5, 0.6) is 0 Å². The Bertz CT molecular complexity index is 412. The van der Waals surface area contributed by atoms with E-state index in [2.05, 4.69) is 44.6 Å². The lowest BCUT2D eigenvalue weighted by atomic mass is 9.89. The van der Waals surface area contributed by atoms with Crippen LogP contribution in [0.25, 0.3) is 0 Å². The summed E-state index contributed by atoms with van der Waals surface area (Å²) in [6.07, 6.45) is 5.00. The highest BCUT2D eigenvalue weighted by Gasteiger charge is 2.10. The molecule has 0 amide bonds. The average molecular weight is 282 g/mol. The van der Waals surface area contributed by atoms with Gasteiger partial charge in [-0.2, -0.15) is 0 Å². The van der Waals surface area contributed by atoms with Crippen LogP contribution in [-0.2, 0) is 0 Å². The summed E-state index contributed by atoms with van der Waals surface area (Å²) in [5, 5.41) is 0. The minimum Gasteiger partial charge on any atom is -0.265 e. The number of rotatable bonds is 5. The first-order valence-corrected chi connectivity index (χ1v) is 7.93. The molecule has 0 saturated heterocycles. The highest BCUT2D eigenvalue weighted by molar-refractivity contribution is 8.01. The predicted molar refractivity (Wildman–Crippen MR) is 83.8 cm³/mol. The van der Waals surface area contributed by atoms with Crippen molar-refractivity contribution in [1.82, 2.24) is 4.98 Å². The van der Waals surface area contributed by atoms with Gasteiger partial charge in [0.1, 0.15) is 0 Å². The van der Waals surface area contributed by atoms with Crippen LogP contribution in [0.15, 0.2) is 32.7 Å². The fraction of sp³-hybridized carbons (Fsp3) is 0.571. The van der Waals surface area contributed by atoms with Crippen molar-refractivity contribution >= 4 is 28.8 Å². The van der Waals surface area contributed by atoms with Gasteiger partial charge in [0.25, 0.3) is 0 Å². The van der Waals surface area contributed by atoms with E-state index in [1.807, 2.05) is 17.9 Å². The van der Waals surface area contributed by atoms with Gasteiger partial charge in [-0.15, -0.1) is 23.1 Å². The van der Waals surface area contributed by atoms with Gasteiger partial charge in [0.2, 0.25) is 0 Å². The maximum Gasteiger partial charge on any atom is 0.0803 e. The van der Waals surface area contributed by atoms with E-state index in [9.17, 15) is 0 Å². The van der Waals surface area contributed by atoms with Gasteiger partial charge in [-0.3, -0.25) is 9.98 Å². The quantitative estimate of drug-likeness (QED) is 0.558. The molecule has 2 nitrogen and oxygen atoms in total. The molecule has 4 heteroatoms. The highest BCUT2D eigenvalue weighted by atomic mass is 32.2. The van der Waals surface area contributed by atoms with Crippen LogP contribution < -0.4 is 0 Å². The van der Waals surface area contributed by atoms with Crippen LogP contribution in [0.1, 0.15) is 41.0 Å². The first-order chi connectivity index (χ1) is 8.37. The molecule has 0 bridgehead atoms. The fourth-order valence-electron chi connectivity index (χ4n) is 1.59. The maximum absolute atomic E-state index is 4.53. The molecule has 1 rings (SSSR count). The fourth-order valence-corrected chi connectivity index (χ4v) is 3.08. The van der Waals surface area contributed by atoms with Crippen molar-refractivity contribution in [2.75, 3.05) is 5.75 Å². The number of thioether (sulfide) groups is 1. The van der Waals surface area contributed by atoms with Crippen molar-refractivity contribution in [3.8, 4) is 0 Å². The number of hydrogen-bond donors (Lipinski definition) is 0. The summed E-state index contributed by atoms with van der Waals surface area (Å²) in [4.78, 5) is 8.59. The molecule has 0 aromatic carbocycles. The third kappa shape index (κ3) is 6.97. The molecule has 0 spiro atoms. The Balaban J connectivity index is 2.43. The van der Waals surface area contributed by atoms with E-state index in [1.54, 1.807) is 23.1 Å². The molecule has 100 valence electrons. The molecule has 0 aliphatic heterocycles. The molecule has 0 saturated carbocycles. The monoisotopic (exact) mass is 282 g/mol. The zero-order valence-corrected chi connectivity index (χ0v) is 13.5. The van der Waals surface area contributed by atoms with Gasteiger partial charge in [0.15, 0.2) is 0 Å². The highest BCUT2D eigenvalue weighted by Crippen LogP contribution is 2.24. The standard InChI is InChI=1S/C14H22N2S2/c1-11(6-14(3,4)5)7-16-12(2)9-17-13-8-15-10-18-13/h7-8,10H,6,9H2,1-5H3/b11-7+,16-12?. The topological polar surface area (TPSA) is 25.2 Å². The Hall–Kier alpha value is -0.610. The second-order valence-corrected chi connectivity index (χ2v) is 7.85. The molecule has 0 unspecified atom stereocenters. The van der Waals surface area contributed by atoms with Gasteiger partial charge < -0.3 is 0 Å². The summed E-state index contributed by atoms with van der Waals surface area (Å²) >= 11 is 3.47. The number of allylic oxidation sites excluding steroid dienone is 1. The van der Waals surface area contributed by atoms with Crippen molar-refractivity contribution in [1.29, 1.82) is 0 Å². The number of thiazole rings is 1. The van der Waals surface area contributed by atoms with E-state index >= 15 is 0 Å². The lowest BCUT2D eigenvalue weighted by Crippen LogP contribution is -2.04. The number of aliphatic imine (C=N–C) groups is 1. The van der Waals surface area contributed by atoms with Gasteiger partial charge >= 0.3 is 0 Å². The van der Waals surface area contributed by atoms with Gasteiger partial charge in [-0.25, -0.2) is 0 Å². The van der Waals surface area contributed by atoms with Gasteiger partial charge in [-0.05, 0) is 25.7 Å². The Morgan fingerprint density at radius 3 is 2.72 bits per heavy atom. The van der Waals surface area contributed by atoms with Crippen LogP contribution in [0.3, 0.4) is 0 Å². The average Bonchev–Trinajstić information content (AvgIpc) is 2.74. The maximum atomic E-state index is 4.53. The zero-order chi connectivity index (χ0) is 13.6. The summed E-state index contributed by atoms with van der Waals surface area (Å²) in [7, 11) is 0. The van der Waals surface area contributed by atoms with Crippen LogP contribution >= 0.6 is 23.1 Å². The van der Waals surface area contributed by atoms with E-state index in [1.165, 1.54) is 9.78 Å². The Morgan fingerprint density at radius 2 is 2.17 bits per heavy atom. The summed E-state index contributed by atoms with van der Waals surface area (Å²) in [5.74, 6) is 0.932. The van der Waals surface area contributed by atoms with E-state index in [0.717, 1.165) is 17.9 Å². The minimum absolute atomic E-state index is 0.335. The predicted octanol–water partition coefficient (Wildman–Crippen LogP) is 5.04. The van der Waals surface area contributed by atoms with Crippen LogP contribution in [0.4, 0.5) is 0 Å². The smallest absolute Gasteiger partial charge is 0.0803 e. The number of nitrogens with zero attached hydrogens (tertiary/aromatic N) is 2. The van der Waals surface area contributed by atoms with Crippen LogP contribution in [0.2, 0.25) is 0 Å². The van der Waals surface area contributed by atoms with Crippen molar-refractivity contribution in [3.05, 3.63) is 23.5 Å². The van der Waals surface area contributed by atoms with Crippen LogP contribution in [0, 0.1) is 5.41 Å². The minimum atomic E-state index is 0.335. The molecule has 1 aromatic rings. The van der Waals surface area contributed by atoms with E-state index in [4.69, 9.17) is 0 Å². The Morgan fingerprint density at radius 1 is 1.44 bits per heavy atom. The Labute approximate surface area is 119 Å². The third-order valence-electron chi connectivity index (χ3n) is 2.15. The zero-order valence-electron chi connectivity index (χ0n) is 11.9. The molecular formula is C14H22N2S2. The first-order valence-electron chi connectivity index (χ1n) is 6.07. The van der Waals surface area contributed by atoms with Crippen molar-refractivity contribution in [3.63, 3.8) is 0 Å². The molecule has 18 heavy (non-hydrogen) atoms. The lowest BCUT2D eigenvalue weighted by molar-refractivity contribution is 0.409. The largest absolute Gasteiger partial charge is 0.265 e. The van der Waals surface area contributed by atoms with Crippen molar-refractivity contribution in [2.24, 2.45) is 10.4 Å². The Kier molecular flexibility index (Phi) is 6.09. The molecule has 0 aliphatic rings. The van der Waals surface area contributed by atoms with E-state index in [-0.39, 0.29) is 0 Å². The van der Waals surface area contributed by atoms with Crippen molar-refractivity contribution in [2.45, 2.75) is 45.2 Å². The second-order valence-electron chi connectivity index (χ2n) is 5.69. The molecule has 0 radical (unpaired) electrons. The number of hydrogen-bond acceptors (Lipinski definition) is 4. The van der Waals surface area contributed by atoms with Crippen molar-refractivity contribution < 1.29 is 0 Å². The van der Waals surface area contributed by atoms with Gasteiger partial charge in [-0.1, -0.05) is 26.3 Å². The molecule has 0 aliphatic carbocycles. The third-order valence-corrected chi connectivity index (χ3v) is 4.31. The van der Waals surface area contributed by atoms with Gasteiger partial charge in [0.05, 0.1) is 15.9 Å². The van der Waals surface area contributed by atoms with E-state index < -0.39 is 0 Å². The molecule has 0 fully saturated rings. The summed E-state index contributed by atoms with van der Waals surface area (Å²) in [6, 6.07) is 0. The molecular weight excluding hydrogens is 260 g/mol. The molecule has 0 atom stereocenters. The summed E-state index contributed by atoms with van der Waals surface area (Å²) in [6.45, 7) is 11.0. The van der Waals surface area contributed by atoms with E-state index in [0.29, 0.717) is 5.41 Å². The van der Waals surface area contributed by atoms with Gasteiger partial charge in [0, 0.05) is 17.7 Å². The molecule has 0 N–H and O–H groups in total.